The highest BCUT2D eigenvalue weighted by Crippen LogP contribution is 2.44. The summed E-state index contributed by atoms with van der Waals surface area (Å²) in [5.74, 6) is -1.83. The number of halogens is 2. The largest absolute Gasteiger partial charge is 0.494 e. The third-order valence-corrected chi connectivity index (χ3v) is 5.79. The number of benzene rings is 2. The van der Waals surface area contributed by atoms with Crippen LogP contribution in [0, 0.1) is 17.1 Å². The van der Waals surface area contributed by atoms with Crippen LogP contribution in [-0.4, -0.2) is 33.0 Å². The normalized spacial score (nSPS) is 12.7. The lowest BCUT2D eigenvalue weighted by molar-refractivity contribution is -0.138. The lowest BCUT2D eigenvalue weighted by atomic mass is 9.82. The zero-order valence-corrected chi connectivity index (χ0v) is 18.3. The molecule has 2 aromatic heterocycles. The summed E-state index contributed by atoms with van der Waals surface area (Å²) in [5, 5.41) is 26.9. The van der Waals surface area contributed by atoms with Gasteiger partial charge in [0.05, 0.1) is 36.8 Å². The average molecular weight is 452 g/mol. The first kappa shape index (κ1) is 22.3. The number of nitriles is 1. The van der Waals surface area contributed by atoms with Crippen molar-refractivity contribution in [2.75, 3.05) is 7.11 Å². The molecule has 9 heteroatoms. The van der Waals surface area contributed by atoms with Crippen molar-refractivity contribution in [3.63, 3.8) is 0 Å². The van der Waals surface area contributed by atoms with Gasteiger partial charge in [0.25, 0.3) is 0 Å². The summed E-state index contributed by atoms with van der Waals surface area (Å²) in [6.45, 7) is 3.60. The number of H-pyrrole nitrogens is 1. The van der Waals surface area contributed by atoms with Crippen LogP contribution in [0.5, 0.6) is 5.75 Å². The van der Waals surface area contributed by atoms with E-state index in [1.54, 1.807) is 30.7 Å². The molecule has 4 aromatic rings. The van der Waals surface area contributed by atoms with Crippen LogP contribution in [0.2, 0.25) is 0 Å². The van der Waals surface area contributed by atoms with Crippen molar-refractivity contribution in [2.24, 2.45) is 0 Å². The number of aromatic nitrogens is 3. The summed E-state index contributed by atoms with van der Waals surface area (Å²) in [7, 11) is 1.35. The van der Waals surface area contributed by atoms with Crippen molar-refractivity contribution in [2.45, 2.75) is 38.3 Å². The first-order valence-corrected chi connectivity index (χ1v) is 10.3. The van der Waals surface area contributed by atoms with Gasteiger partial charge >= 0.3 is 5.97 Å². The van der Waals surface area contributed by atoms with E-state index in [1.165, 1.54) is 25.3 Å². The predicted molar refractivity (Wildman–Crippen MR) is 119 cm³/mol. The molecule has 0 bridgehead atoms. The molecular weight excluding hydrogens is 430 g/mol. The Kier molecular flexibility index (Phi) is 5.54. The van der Waals surface area contributed by atoms with E-state index in [4.69, 9.17) is 4.74 Å². The van der Waals surface area contributed by atoms with E-state index < -0.39 is 29.8 Å². The number of fused-ring (bicyclic) bond motifs is 2. The molecule has 0 radical (unpaired) electrons. The van der Waals surface area contributed by atoms with Gasteiger partial charge in [0.2, 0.25) is 0 Å². The van der Waals surface area contributed by atoms with Crippen molar-refractivity contribution in [1.29, 1.82) is 5.26 Å². The quantitative estimate of drug-likeness (QED) is 0.394. The Morgan fingerprint density at radius 2 is 2.12 bits per heavy atom. The summed E-state index contributed by atoms with van der Waals surface area (Å²) in [5.41, 5.74) is 1.51. The molecular formula is C24H22F2N4O3. The van der Waals surface area contributed by atoms with Gasteiger partial charge in [-0.25, -0.2) is 8.78 Å². The molecule has 0 spiro atoms. The molecule has 0 saturated carbocycles. The van der Waals surface area contributed by atoms with E-state index >= 15 is 4.39 Å². The number of alkyl halides is 1. The summed E-state index contributed by atoms with van der Waals surface area (Å²) in [6, 6.07) is 9.97. The summed E-state index contributed by atoms with van der Waals surface area (Å²) in [6.07, 6.45) is -0.889. The average Bonchev–Trinajstić information content (AvgIpc) is 3.34. The lowest BCUT2D eigenvalue weighted by Gasteiger charge is -2.27. The minimum Gasteiger partial charge on any atom is -0.494 e. The maximum Gasteiger partial charge on any atom is 0.306 e. The van der Waals surface area contributed by atoms with Gasteiger partial charge in [0.15, 0.2) is 11.6 Å². The number of hydrogen-bond donors (Lipinski definition) is 2. The molecule has 0 aliphatic rings. The van der Waals surface area contributed by atoms with Crippen molar-refractivity contribution in [1.82, 2.24) is 14.8 Å². The Hall–Kier alpha value is -3.93. The highest BCUT2D eigenvalue weighted by atomic mass is 19.1. The minimum atomic E-state index is -1.83. The fourth-order valence-corrected chi connectivity index (χ4v) is 4.33. The fourth-order valence-electron chi connectivity index (χ4n) is 4.33. The first-order chi connectivity index (χ1) is 15.7. The maximum absolute atomic E-state index is 15.6. The highest BCUT2D eigenvalue weighted by molar-refractivity contribution is 5.99. The Balaban J connectivity index is 2.18. The van der Waals surface area contributed by atoms with E-state index in [9.17, 15) is 19.6 Å². The minimum absolute atomic E-state index is 0.00617. The molecule has 1 atom stereocenters. The Labute approximate surface area is 188 Å². The van der Waals surface area contributed by atoms with Crippen molar-refractivity contribution in [3.05, 3.63) is 53.6 Å². The van der Waals surface area contributed by atoms with Crippen LogP contribution < -0.4 is 4.74 Å². The molecule has 4 rings (SSSR count). The fraction of sp³-hybridized carbons (Fsp3) is 0.292. The second-order valence-corrected chi connectivity index (χ2v) is 8.53. The maximum atomic E-state index is 15.6. The van der Waals surface area contributed by atoms with Gasteiger partial charge in [-0.05, 0) is 24.3 Å². The number of rotatable bonds is 7. The van der Waals surface area contributed by atoms with E-state index in [0.717, 1.165) is 5.39 Å². The van der Waals surface area contributed by atoms with E-state index in [-0.39, 0.29) is 17.7 Å². The molecule has 2 N–H and O–H groups in total. The topological polar surface area (TPSA) is 104 Å². The molecule has 2 aromatic carbocycles. The predicted octanol–water partition coefficient (Wildman–Crippen LogP) is 5.33. The standard InChI is InChI=1S/C24H22F2N4O3/c1-24(2,6-7-27)23-22(17(26)11-21(31)32)15-10-18-13(12-28-29-18)8-19(15)30(23)14-4-5-16(25)20(9-14)33-3/h4-5,8-10,12,17H,6,11H2,1-3H3,(H,28,29)(H,31,32)/t17-/m1/s1. The molecule has 33 heavy (non-hydrogen) atoms. The van der Waals surface area contributed by atoms with Crippen LogP contribution in [0.3, 0.4) is 0 Å². The van der Waals surface area contributed by atoms with Crippen molar-refractivity contribution in [3.8, 4) is 17.5 Å². The van der Waals surface area contributed by atoms with Crippen LogP contribution in [0.15, 0.2) is 36.5 Å². The number of aromatic amines is 1. The Bertz CT molecular complexity index is 1410. The Morgan fingerprint density at radius 3 is 2.79 bits per heavy atom. The summed E-state index contributed by atoms with van der Waals surface area (Å²) >= 11 is 0. The SMILES string of the molecule is COc1cc(-n2c(C(C)(C)CC#N)c([C@H](F)CC(=O)O)c3cc4[nH]ncc4cc32)ccc1F. The number of hydrogen-bond acceptors (Lipinski definition) is 4. The lowest BCUT2D eigenvalue weighted by Crippen LogP contribution is -2.23. The number of carboxylic acid groups (broad SMARTS) is 1. The van der Waals surface area contributed by atoms with Crippen LogP contribution in [-0.2, 0) is 10.2 Å². The number of nitrogens with one attached hydrogen (secondary N) is 1. The van der Waals surface area contributed by atoms with Gasteiger partial charge in [-0.3, -0.25) is 9.89 Å². The third-order valence-electron chi connectivity index (χ3n) is 5.79. The van der Waals surface area contributed by atoms with Gasteiger partial charge in [0, 0.05) is 45.6 Å². The van der Waals surface area contributed by atoms with Gasteiger partial charge in [-0.15, -0.1) is 0 Å². The first-order valence-electron chi connectivity index (χ1n) is 10.3. The van der Waals surface area contributed by atoms with Crippen LogP contribution in [0.25, 0.3) is 27.5 Å². The smallest absolute Gasteiger partial charge is 0.306 e. The van der Waals surface area contributed by atoms with Gasteiger partial charge < -0.3 is 14.4 Å². The monoisotopic (exact) mass is 452 g/mol. The molecule has 0 amide bonds. The van der Waals surface area contributed by atoms with Gasteiger partial charge in [0.1, 0.15) is 6.17 Å². The van der Waals surface area contributed by atoms with E-state index in [2.05, 4.69) is 16.3 Å². The Morgan fingerprint density at radius 1 is 1.36 bits per heavy atom. The molecule has 7 nitrogen and oxygen atoms in total. The number of ether oxygens (including phenoxy) is 1. The molecule has 170 valence electrons. The van der Waals surface area contributed by atoms with Crippen LogP contribution in [0.1, 0.15) is 44.1 Å². The number of methoxy groups -OCH3 is 1. The molecule has 0 unspecified atom stereocenters. The van der Waals surface area contributed by atoms with Gasteiger partial charge in [-0.2, -0.15) is 10.4 Å². The zero-order valence-electron chi connectivity index (χ0n) is 18.3. The zero-order chi connectivity index (χ0) is 23.9. The van der Waals surface area contributed by atoms with Crippen LogP contribution in [0.4, 0.5) is 8.78 Å². The van der Waals surface area contributed by atoms with Crippen molar-refractivity contribution >= 4 is 27.8 Å². The second kappa shape index (κ2) is 8.20. The number of carboxylic acids is 1. The van der Waals surface area contributed by atoms with Gasteiger partial charge in [-0.1, -0.05) is 13.8 Å². The molecule has 2 heterocycles. The van der Waals surface area contributed by atoms with Crippen molar-refractivity contribution < 1.29 is 23.4 Å². The number of nitrogens with zero attached hydrogens (tertiary/aromatic N) is 3. The second-order valence-electron chi connectivity index (χ2n) is 8.53. The highest BCUT2D eigenvalue weighted by Gasteiger charge is 2.35. The number of aliphatic carboxylic acids is 1. The molecule has 0 aliphatic carbocycles. The summed E-state index contributed by atoms with van der Waals surface area (Å²) < 4.78 is 36.7. The molecule has 0 aliphatic heterocycles. The van der Waals surface area contributed by atoms with Crippen LogP contribution >= 0.6 is 0 Å². The third kappa shape index (κ3) is 3.78. The number of carbonyl (C=O) groups is 1. The summed E-state index contributed by atoms with van der Waals surface area (Å²) in [4.78, 5) is 11.4. The molecule has 0 saturated heterocycles. The van der Waals surface area contributed by atoms with E-state index in [1.807, 2.05) is 6.07 Å². The molecule has 0 fully saturated rings. The van der Waals surface area contributed by atoms with E-state index in [0.29, 0.717) is 27.8 Å².